The summed E-state index contributed by atoms with van der Waals surface area (Å²) in [6.45, 7) is 1.02. The van der Waals surface area contributed by atoms with Crippen LogP contribution in [0, 0.1) is 5.92 Å². The molecule has 0 saturated carbocycles. The van der Waals surface area contributed by atoms with Crippen molar-refractivity contribution in [3.8, 4) is 5.75 Å². The number of Topliss-reactive ketones (excluding diaryl/α,β-unsaturated/α-hetero) is 1. The van der Waals surface area contributed by atoms with Crippen LogP contribution in [0.15, 0.2) is 48.5 Å². The Hall–Kier alpha value is -3.15. The highest BCUT2D eigenvalue weighted by Gasteiger charge is 2.35. The van der Waals surface area contributed by atoms with E-state index in [0.717, 1.165) is 5.56 Å². The molecule has 1 atom stereocenters. The van der Waals surface area contributed by atoms with Gasteiger partial charge in [0.05, 0.1) is 5.92 Å². The van der Waals surface area contributed by atoms with Crippen molar-refractivity contribution in [1.82, 2.24) is 4.90 Å². The third kappa shape index (κ3) is 3.50. The Balaban J connectivity index is 1.43. The average Bonchev–Trinajstić information content (AvgIpc) is 2.73. The van der Waals surface area contributed by atoms with Crippen LogP contribution in [0.1, 0.15) is 41.1 Å². The van der Waals surface area contributed by atoms with Gasteiger partial charge in [-0.15, -0.1) is 0 Å². The number of phenols is 1. The Morgan fingerprint density at radius 3 is 2.39 bits per heavy atom. The van der Waals surface area contributed by atoms with E-state index in [9.17, 15) is 19.5 Å². The van der Waals surface area contributed by atoms with Gasteiger partial charge in [-0.05, 0) is 48.7 Å². The van der Waals surface area contributed by atoms with Gasteiger partial charge in [0.2, 0.25) is 11.8 Å². The summed E-state index contributed by atoms with van der Waals surface area (Å²) < 4.78 is 0. The van der Waals surface area contributed by atoms with Gasteiger partial charge in [-0.25, -0.2) is 0 Å². The van der Waals surface area contributed by atoms with Crippen molar-refractivity contribution >= 4 is 23.3 Å². The van der Waals surface area contributed by atoms with Crippen molar-refractivity contribution < 1.29 is 19.5 Å². The summed E-state index contributed by atoms with van der Waals surface area (Å²) in [4.78, 5) is 39.5. The molecule has 28 heavy (non-hydrogen) atoms. The maximum absolute atomic E-state index is 13.1. The number of rotatable bonds is 3. The first-order chi connectivity index (χ1) is 13.5. The molecule has 0 aliphatic carbocycles. The van der Waals surface area contributed by atoms with Crippen LogP contribution in [-0.4, -0.2) is 40.7 Å². The highest BCUT2D eigenvalue weighted by molar-refractivity contribution is 6.01. The van der Waals surface area contributed by atoms with E-state index >= 15 is 0 Å². The quantitative estimate of drug-likeness (QED) is 0.804. The fraction of sp³-hybridized carbons (Fsp3) is 0.318. The van der Waals surface area contributed by atoms with Gasteiger partial charge in [0.25, 0.3) is 0 Å². The number of benzene rings is 2. The van der Waals surface area contributed by atoms with Crippen LogP contribution in [0.4, 0.5) is 5.69 Å². The van der Waals surface area contributed by atoms with E-state index < -0.39 is 5.92 Å². The lowest BCUT2D eigenvalue weighted by Gasteiger charge is -2.35. The molecule has 2 aliphatic heterocycles. The second kappa shape index (κ2) is 7.46. The van der Waals surface area contributed by atoms with Crippen molar-refractivity contribution in [3.05, 3.63) is 59.7 Å². The number of nitrogens with one attached hydrogen (secondary N) is 1. The summed E-state index contributed by atoms with van der Waals surface area (Å²) >= 11 is 0. The first kappa shape index (κ1) is 18.2. The van der Waals surface area contributed by atoms with Crippen molar-refractivity contribution in [1.29, 1.82) is 0 Å². The SMILES string of the molecule is O=C1CC(C(=O)N2CCC(C(=O)c3ccc(O)cc3)CC2)c2ccccc2N1. The molecule has 2 N–H and O–H groups in total. The number of piperidine rings is 1. The number of ketones is 1. The second-order valence-corrected chi connectivity index (χ2v) is 7.40. The van der Waals surface area contributed by atoms with Crippen molar-refractivity contribution in [2.24, 2.45) is 5.92 Å². The van der Waals surface area contributed by atoms with Gasteiger partial charge < -0.3 is 15.3 Å². The Bertz CT molecular complexity index is 914. The lowest BCUT2D eigenvalue weighted by Crippen LogP contribution is -2.44. The Morgan fingerprint density at radius 2 is 1.68 bits per heavy atom. The third-order valence-electron chi connectivity index (χ3n) is 5.63. The van der Waals surface area contributed by atoms with Crippen molar-refractivity contribution in [2.45, 2.75) is 25.2 Å². The largest absolute Gasteiger partial charge is 0.508 e. The first-order valence-electron chi connectivity index (χ1n) is 9.54. The Labute approximate surface area is 163 Å². The van der Waals surface area contributed by atoms with E-state index in [2.05, 4.69) is 5.32 Å². The van der Waals surface area contributed by atoms with E-state index in [1.54, 1.807) is 17.0 Å². The molecule has 144 valence electrons. The molecular formula is C22H22N2O4. The van der Waals surface area contributed by atoms with Gasteiger partial charge in [0, 0.05) is 36.7 Å². The molecule has 2 aromatic carbocycles. The summed E-state index contributed by atoms with van der Waals surface area (Å²) in [5, 5.41) is 12.2. The number of carbonyl (C=O) groups excluding carboxylic acids is 3. The van der Waals surface area contributed by atoms with Crippen LogP contribution >= 0.6 is 0 Å². The minimum atomic E-state index is -0.464. The van der Waals surface area contributed by atoms with Gasteiger partial charge in [-0.3, -0.25) is 14.4 Å². The molecule has 6 nitrogen and oxygen atoms in total. The number of likely N-dealkylation sites (tertiary alicyclic amines) is 1. The summed E-state index contributed by atoms with van der Waals surface area (Å²) in [6.07, 6.45) is 1.36. The maximum Gasteiger partial charge on any atom is 0.230 e. The average molecular weight is 378 g/mol. The Morgan fingerprint density at radius 1 is 1.00 bits per heavy atom. The van der Waals surface area contributed by atoms with Crippen LogP contribution in [-0.2, 0) is 9.59 Å². The number of hydrogen-bond acceptors (Lipinski definition) is 4. The minimum Gasteiger partial charge on any atom is -0.508 e. The summed E-state index contributed by atoms with van der Waals surface area (Å²) in [5.41, 5.74) is 2.14. The minimum absolute atomic E-state index is 0.0437. The van der Waals surface area contributed by atoms with Crippen molar-refractivity contribution in [3.63, 3.8) is 0 Å². The molecule has 6 heteroatoms. The van der Waals surface area contributed by atoms with E-state index in [4.69, 9.17) is 0 Å². The first-order valence-corrected chi connectivity index (χ1v) is 9.54. The van der Waals surface area contributed by atoms with Gasteiger partial charge in [-0.1, -0.05) is 18.2 Å². The molecule has 2 aliphatic rings. The fourth-order valence-electron chi connectivity index (χ4n) is 4.08. The predicted molar refractivity (Wildman–Crippen MR) is 104 cm³/mol. The summed E-state index contributed by atoms with van der Waals surface area (Å²) in [7, 11) is 0. The van der Waals surface area contributed by atoms with Crippen LogP contribution in [0.2, 0.25) is 0 Å². The summed E-state index contributed by atoms with van der Waals surface area (Å²) in [6, 6.07) is 13.7. The highest BCUT2D eigenvalue weighted by Crippen LogP contribution is 2.34. The molecule has 0 aromatic heterocycles. The van der Waals surface area contributed by atoms with Gasteiger partial charge in [0.15, 0.2) is 5.78 Å². The summed E-state index contributed by atoms with van der Waals surface area (Å²) in [5.74, 6) is -0.597. The molecule has 1 saturated heterocycles. The molecule has 1 unspecified atom stereocenters. The number of aromatic hydroxyl groups is 1. The maximum atomic E-state index is 13.1. The molecule has 2 amide bonds. The standard InChI is InChI=1S/C22H22N2O4/c25-16-7-5-14(6-8-16)21(27)15-9-11-24(12-10-15)22(28)18-13-20(26)23-19-4-2-1-3-17(18)19/h1-8,15,18,25H,9-13H2,(H,23,26). The number of fused-ring (bicyclic) bond motifs is 1. The number of nitrogens with zero attached hydrogens (tertiary/aromatic N) is 1. The predicted octanol–water partition coefficient (Wildman–Crippen LogP) is 2.94. The highest BCUT2D eigenvalue weighted by atomic mass is 16.3. The molecule has 1 fully saturated rings. The van der Waals surface area contributed by atoms with Crippen molar-refractivity contribution in [2.75, 3.05) is 18.4 Å². The van der Waals surface area contributed by atoms with Gasteiger partial charge in [0.1, 0.15) is 5.75 Å². The molecule has 0 radical (unpaired) electrons. The molecular weight excluding hydrogens is 356 g/mol. The lowest BCUT2D eigenvalue weighted by molar-refractivity contribution is -0.136. The van der Waals surface area contributed by atoms with E-state index in [1.165, 1.54) is 12.1 Å². The third-order valence-corrected chi connectivity index (χ3v) is 5.63. The van der Waals surface area contributed by atoms with E-state index in [1.807, 2.05) is 24.3 Å². The van der Waals surface area contributed by atoms with Crippen LogP contribution < -0.4 is 5.32 Å². The zero-order valence-corrected chi connectivity index (χ0v) is 15.4. The molecule has 0 spiro atoms. The van der Waals surface area contributed by atoms with Crippen LogP contribution in [0.3, 0.4) is 0 Å². The molecule has 0 bridgehead atoms. The fourth-order valence-corrected chi connectivity index (χ4v) is 4.08. The number of amides is 2. The molecule has 2 heterocycles. The normalized spacial score (nSPS) is 19.6. The van der Waals surface area contributed by atoms with Gasteiger partial charge >= 0.3 is 0 Å². The second-order valence-electron chi connectivity index (χ2n) is 7.40. The Kier molecular flexibility index (Phi) is 4.86. The zero-order chi connectivity index (χ0) is 19.7. The topological polar surface area (TPSA) is 86.7 Å². The van der Waals surface area contributed by atoms with Gasteiger partial charge in [-0.2, -0.15) is 0 Å². The van der Waals surface area contributed by atoms with E-state index in [-0.39, 0.29) is 35.7 Å². The van der Waals surface area contributed by atoms with Crippen LogP contribution in [0.5, 0.6) is 5.75 Å². The molecule has 4 rings (SSSR count). The number of hydrogen-bond donors (Lipinski definition) is 2. The number of para-hydroxylation sites is 1. The number of anilines is 1. The monoisotopic (exact) mass is 378 g/mol. The number of phenolic OH excluding ortho intramolecular Hbond substituents is 1. The number of carbonyl (C=O) groups is 3. The molecule has 2 aromatic rings. The smallest absolute Gasteiger partial charge is 0.230 e. The van der Waals surface area contributed by atoms with E-state index in [0.29, 0.717) is 37.2 Å². The van der Waals surface area contributed by atoms with Crippen LogP contribution in [0.25, 0.3) is 0 Å². The lowest BCUT2D eigenvalue weighted by atomic mass is 9.86. The zero-order valence-electron chi connectivity index (χ0n) is 15.4.